The molecular formula is C22H28Cl2N2O4S. The van der Waals surface area contributed by atoms with Crippen molar-refractivity contribution in [2.24, 2.45) is 0 Å². The lowest BCUT2D eigenvalue weighted by molar-refractivity contribution is -0.116. The number of hydrogen-bond acceptors (Lipinski definition) is 4. The van der Waals surface area contributed by atoms with Crippen LogP contribution in [0.4, 0.5) is 5.69 Å². The number of rotatable bonds is 12. The first kappa shape index (κ1) is 25.5. The molecule has 9 heteroatoms. The summed E-state index contributed by atoms with van der Waals surface area (Å²) in [6, 6.07) is 11.2. The van der Waals surface area contributed by atoms with Crippen molar-refractivity contribution in [1.29, 1.82) is 0 Å². The molecule has 0 aliphatic rings. The molecule has 0 saturated carbocycles. The number of carbonyl (C=O) groups is 1. The van der Waals surface area contributed by atoms with Gasteiger partial charge in [0, 0.05) is 30.2 Å². The number of anilines is 1. The summed E-state index contributed by atoms with van der Waals surface area (Å²) in [6.45, 7) is 5.20. The van der Waals surface area contributed by atoms with Crippen molar-refractivity contribution in [2.45, 2.75) is 44.4 Å². The monoisotopic (exact) mass is 486 g/mol. The minimum absolute atomic E-state index is 0.181. The Morgan fingerprint density at radius 2 is 1.68 bits per heavy atom. The molecule has 0 aromatic heterocycles. The zero-order valence-electron chi connectivity index (χ0n) is 17.7. The quantitative estimate of drug-likeness (QED) is 0.396. The van der Waals surface area contributed by atoms with Crippen molar-refractivity contribution in [3.05, 3.63) is 52.5 Å². The molecule has 0 saturated heterocycles. The van der Waals surface area contributed by atoms with Crippen molar-refractivity contribution in [3.8, 4) is 5.75 Å². The topological polar surface area (TPSA) is 75.7 Å². The third kappa shape index (κ3) is 7.68. The zero-order chi connectivity index (χ0) is 22.9. The number of halogens is 2. The molecule has 170 valence electrons. The van der Waals surface area contributed by atoms with Gasteiger partial charge in [0.05, 0.1) is 16.5 Å². The average molecular weight is 487 g/mol. The summed E-state index contributed by atoms with van der Waals surface area (Å²) < 4.78 is 32.6. The van der Waals surface area contributed by atoms with E-state index < -0.39 is 10.0 Å². The largest absolute Gasteiger partial charge is 0.492 e. The van der Waals surface area contributed by atoms with Gasteiger partial charge >= 0.3 is 0 Å². The van der Waals surface area contributed by atoms with Crippen LogP contribution in [0.1, 0.15) is 39.5 Å². The zero-order valence-corrected chi connectivity index (χ0v) is 20.1. The first-order valence-electron chi connectivity index (χ1n) is 10.3. The molecule has 2 rings (SSSR count). The van der Waals surface area contributed by atoms with Gasteiger partial charge in [-0.1, -0.05) is 37.0 Å². The number of carbonyl (C=O) groups excluding carboxylic acids is 1. The van der Waals surface area contributed by atoms with E-state index in [1.165, 1.54) is 16.4 Å². The van der Waals surface area contributed by atoms with Gasteiger partial charge in [-0.05, 0) is 61.7 Å². The second-order valence-corrected chi connectivity index (χ2v) is 9.78. The number of hydrogen-bond donors (Lipinski definition) is 1. The van der Waals surface area contributed by atoms with Gasteiger partial charge in [-0.25, -0.2) is 8.42 Å². The van der Waals surface area contributed by atoms with Crippen LogP contribution in [-0.4, -0.2) is 38.3 Å². The smallest absolute Gasteiger partial charge is 0.243 e. The predicted molar refractivity (Wildman–Crippen MR) is 126 cm³/mol. The van der Waals surface area contributed by atoms with Gasteiger partial charge in [0.1, 0.15) is 5.75 Å². The number of amides is 1. The summed E-state index contributed by atoms with van der Waals surface area (Å²) in [5.41, 5.74) is 0.545. The Morgan fingerprint density at radius 3 is 2.26 bits per heavy atom. The fourth-order valence-corrected chi connectivity index (χ4v) is 5.03. The molecule has 1 amide bonds. The Hall–Kier alpha value is -1.80. The van der Waals surface area contributed by atoms with Crippen LogP contribution in [0, 0.1) is 0 Å². The second-order valence-electron chi connectivity index (χ2n) is 7.00. The summed E-state index contributed by atoms with van der Waals surface area (Å²) in [5.74, 6) is 0.337. The van der Waals surface area contributed by atoms with E-state index in [1.807, 2.05) is 13.8 Å². The molecule has 0 aliphatic carbocycles. The highest BCUT2D eigenvalue weighted by molar-refractivity contribution is 7.89. The van der Waals surface area contributed by atoms with Crippen LogP contribution >= 0.6 is 23.2 Å². The molecule has 0 spiro atoms. The van der Waals surface area contributed by atoms with Gasteiger partial charge in [0.15, 0.2) is 0 Å². The highest BCUT2D eigenvalue weighted by Crippen LogP contribution is 2.27. The number of sulfonamides is 1. The van der Waals surface area contributed by atoms with E-state index in [9.17, 15) is 13.2 Å². The fraction of sp³-hybridized carbons (Fsp3) is 0.409. The maximum atomic E-state index is 12.8. The Labute approximate surface area is 194 Å². The molecule has 0 radical (unpaired) electrons. The SMILES string of the molecule is CCCN(CCC)S(=O)(=O)c1ccc(NC(=O)CCCOc2ccc(Cl)cc2Cl)cc1. The number of nitrogens with zero attached hydrogens (tertiary/aromatic N) is 1. The van der Waals surface area contributed by atoms with Gasteiger partial charge in [0.2, 0.25) is 15.9 Å². The third-order valence-corrected chi connectivity index (χ3v) is 6.86. The van der Waals surface area contributed by atoms with Gasteiger partial charge in [-0.15, -0.1) is 0 Å². The van der Waals surface area contributed by atoms with Crippen molar-refractivity contribution in [2.75, 3.05) is 25.0 Å². The number of ether oxygens (including phenoxy) is 1. The average Bonchev–Trinajstić information content (AvgIpc) is 2.72. The predicted octanol–water partition coefficient (Wildman–Crippen LogP) is 5.60. The summed E-state index contributed by atoms with van der Waals surface area (Å²) in [7, 11) is -3.54. The van der Waals surface area contributed by atoms with Gasteiger partial charge in [-0.2, -0.15) is 4.31 Å². The molecule has 0 atom stereocenters. The molecule has 6 nitrogen and oxygen atoms in total. The lowest BCUT2D eigenvalue weighted by Crippen LogP contribution is -2.32. The molecule has 0 fully saturated rings. The van der Waals surface area contributed by atoms with E-state index in [-0.39, 0.29) is 17.2 Å². The molecule has 0 aliphatic heterocycles. The minimum atomic E-state index is -3.54. The summed E-state index contributed by atoms with van der Waals surface area (Å²) in [4.78, 5) is 12.4. The van der Waals surface area contributed by atoms with Crippen LogP contribution in [-0.2, 0) is 14.8 Å². The van der Waals surface area contributed by atoms with Crippen LogP contribution in [0.2, 0.25) is 10.0 Å². The number of benzene rings is 2. The van der Waals surface area contributed by atoms with Crippen LogP contribution in [0.15, 0.2) is 47.4 Å². The Bertz CT molecular complexity index is 960. The molecule has 2 aromatic rings. The summed E-state index contributed by atoms with van der Waals surface area (Å²) in [6.07, 6.45) is 2.26. The highest BCUT2D eigenvalue weighted by Gasteiger charge is 2.22. The maximum Gasteiger partial charge on any atom is 0.243 e. The first-order valence-corrected chi connectivity index (χ1v) is 12.5. The number of nitrogens with one attached hydrogen (secondary N) is 1. The summed E-state index contributed by atoms with van der Waals surface area (Å²) in [5, 5.41) is 3.72. The van der Waals surface area contributed by atoms with E-state index in [0.29, 0.717) is 47.6 Å². The molecule has 0 heterocycles. The van der Waals surface area contributed by atoms with Crippen LogP contribution in [0.25, 0.3) is 0 Å². The molecule has 1 N–H and O–H groups in total. The second kappa shape index (κ2) is 12.3. The van der Waals surface area contributed by atoms with E-state index in [4.69, 9.17) is 27.9 Å². The normalized spacial score (nSPS) is 11.5. The van der Waals surface area contributed by atoms with Gasteiger partial charge < -0.3 is 10.1 Å². The fourth-order valence-electron chi connectivity index (χ4n) is 2.94. The van der Waals surface area contributed by atoms with E-state index in [0.717, 1.165) is 12.8 Å². The van der Waals surface area contributed by atoms with E-state index in [2.05, 4.69) is 5.32 Å². The molecular weight excluding hydrogens is 459 g/mol. The minimum Gasteiger partial charge on any atom is -0.492 e. The maximum absolute atomic E-state index is 12.8. The van der Waals surface area contributed by atoms with Crippen molar-refractivity contribution in [3.63, 3.8) is 0 Å². The van der Waals surface area contributed by atoms with Crippen molar-refractivity contribution < 1.29 is 17.9 Å². The van der Waals surface area contributed by atoms with Gasteiger partial charge in [0.25, 0.3) is 0 Å². The lowest BCUT2D eigenvalue weighted by Gasteiger charge is -2.21. The van der Waals surface area contributed by atoms with Gasteiger partial charge in [-0.3, -0.25) is 4.79 Å². The van der Waals surface area contributed by atoms with Crippen LogP contribution in [0.3, 0.4) is 0 Å². The third-order valence-electron chi connectivity index (χ3n) is 4.42. The molecule has 31 heavy (non-hydrogen) atoms. The standard InChI is InChI=1S/C22H28Cl2N2O4S/c1-3-13-26(14-4-2)31(28,29)19-10-8-18(9-11-19)25-22(27)6-5-15-30-21-12-7-17(23)16-20(21)24/h7-12,16H,3-6,13-15H2,1-2H3,(H,25,27). The molecule has 0 bridgehead atoms. The molecule has 2 aromatic carbocycles. The van der Waals surface area contributed by atoms with Crippen LogP contribution in [0.5, 0.6) is 5.75 Å². The van der Waals surface area contributed by atoms with Crippen molar-refractivity contribution in [1.82, 2.24) is 4.31 Å². The Kier molecular flexibility index (Phi) is 10.1. The van der Waals surface area contributed by atoms with E-state index >= 15 is 0 Å². The summed E-state index contributed by atoms with van der Waals surface area (Å²) >= 11 is 11.9. The first-order chi connectivity index (χ1) is 14.8. The highest BCUT2D eigenvalue weighted by atomic mass is 35.5. The lowest BCUT2D eigenvalue weighted by atomic mass is 10.2. The Balaban J connectivity index is 1.85. The van der Waals surface area contributed by atoms with E-state index in [1.54, 1.807) is 30.3 Å². The molecule has 0 unspecified atom stereocenters. The Morgan fingerprint density at radius 1 is 1.03 bits per heavy atom. The van der Waals surface area contributed by atoms with Crippen molar-refractivity contribution >= 4 is 44.8 Å². The van der Waals surface area contributed by atoms with Crippen LogP contribution < -0.4 is 10.1 Å².